The monoisotopic (exact) mass is 126 g/mol. The summed E-state index contributed by atoms with van der Waals surface area (Å²) < 4.78 is 0. The van der Waals surface area contributed by atoms with Crippen LogP contribution in [0.3, 0.4) is 0 Å². The van der Waals surface area contributed by atoms with Gasteiger partial charge >= 0.3 is 45.8 Å². The zero-order valence-corrected chi connectivity index (χ0v) is 4.52. The standard InChI is InChI=1S/C5H7.Co/c1-3-5-4-2;/h1,3,5H,2,4H2;/q-1;/b5-3-;. The van der Waals surface area contributed by atoms with E-state index in [9.17, 15) is 0 Å². The fourth-order valence-electron chi connectivity index (χ4n) is 0.142. The zero-order valence-electron chi connectivity index (χ0n) is 3.48. The molecule has 0 aliphatic carbocycles. The van der Waals surface area contributed by atoms with Crippen LogP contribution in [0.15, 0.2) is 12.2 Å². The molecule has 1 heteroatoms. The van der Waals surface area contributed by atoms with Gasteiger partial charge in [-0.2, -0.15) is 0 Å². The van der Waals surface area contributed by atoms with Gasteiger partial charge in [0.1, 0.15) is 0 Å². The number of rotatable bonds is 2. The molecular weight excluding hydrogens is 119 g/mol. The van der Waals surface area contributed by atoms with E-state index in [2.05, 4.69) is 22.2 Å². The predicted octanol–water partition coefficient (Wildman–Crippen LogP) is 1.12. The molecule has 0 aliphatic rings. The van der Waals surface area contributed by atoms with Gasteiger partial charge in [0.25, 0.3) is 0 Å². The molecule has 0 saturated carbocycles. The Morgan fingerprint density at radius 3 is 2.50 bits per heavy atom. The molecule has 0 aromatic heterocycles. The number of allylic oxidation sites excluding steroid dienone is 2. The fourth-order valence-corrected chi connectivity index (χ4v) is 0.283. The molecular formula is C5H7Co-. The molecule has 6 heavy (non-hydrogen) atoms. The Balaban J connectivity index is 2.94. The van der Waals surface area contributed by atoms with Crippen molar-refractivity contribution in [1.82, 2.24) is 0 Å². The van der Waals surface area contributed by atoms with Crippen molar-refractivity contribution < 1.29 is 15.3 Å². The third kappa shape index (κ3) is 4.12. The van der Waals surface area contributed by atoms with Crippen molar-refractivity contribution in [3.05, 3.63) is 19.1 Å². The van der Waals surface area contributed by atoms with Crippen LogP contribution in [0.5, 0.6) is 0 Å². The summed E-state index contributed by atoms with van der Waals surface area (Å²) in [6, 6.07) is 0. The Morgan fingerprint density at radius 2 is 2.33 bits per heavy atom. The van der Waals surface area contributed by atoms with Crippen LogP contribution in [0.4, 0.5) is 0 Å². The Labute approximate surface area is 46.4 Å². The zero-order chi connectivity index (χ0) is 4.83. The summed E-state index contributed by atoms with van der Waals surface area (Å²) in [4.78, 5) is 1.68. The van der Waals surface area contributed by atoms with Gasteiger partial charge in [-0.3, -0.25) is 0 Å². The molecule has 0 atom stereocenters. The first-order valence-electron chi connectivity index (χ1n) is 1.77. The molecule has 0 rings (SSSR count). The van der Waals surface area contributed by atoms with E-state index in [1.165, 1.54) is 0 Å². The molecule has 0 aromatic rings. The fraction of sp³-hybridized carbons (Fsp3) is 0.200. The van der Waals surface area contributed by atoms with E-state index in [-0.39, 0.29) is 0 Å². The minimum absolute atomic E-state index is 0.843. The van der Waals surface area contributed by atoms with E-state index in [0.717, 1.165) is 6.42 Å². The van der Waals surface area contributed by atoms with Gasteiger partial charge in [0, 0.05) is 0 Å². The van der Waals surface area contributed by atoms with Gasteiger partial charge in [0.15, 0.2) is 0 Å². The average molecular weight is 126 g/mol. The van der Waals surface area contributed by atoms with Crippen LogP contribution in [0, 0.1) is 6.92 Å². The molecule has 0 saturated heterocycles. The van der Waals surface area contributed by atoms with Crippen LogP contribution in [0.25, 0.3) is 0 Å². The summed E-state index contributed by atoms with van der Waals surface area (Å²) in [6.07, 6.45) is 4.63. The van der Waals surface area contributed by atoms with Gasteiger partial charge in [-0.15, -0.1) is 0 Å². The van der Waals surface area contributed by atoms with Gasteiger partial charge < -0.3 is 0 Å². The number of hydrogen-bond donors (Lipinski definition) is 0. The quantitative estimate of drug-likeness (QED) is 0.486. The van der Waals surface area contributed by atoms with Gasteiger partial charge in [0.2, 0.25) is 0 Å². The van der Waals surface area contributed by atoms with Crippen LogP contribution in [0.2, 0.25) is 0 Å². The number of hydrogen-bond acceptors (Lipinski definition) is 0. The molecule has 0 amide bonds. The van der Waals surface area contributed by atoms with Gasteiger partial charge in [-0.05, 0) is 0 Å². The molecule has 0 unspecified atom stereocenters. The Hall–Kier alpha value is 0.116. The third-order valence-electron chi connectivity index (χ3n) is 0.367. The van der Waals surface area contributed by atoms with Gasteiger partial charge in [0.05, 0.1) is 0 Å². The molecule has 0 nitrogen and oxygen atoms in total. The second-order valence-electron chi connectivity index (χ2n) is 0.828. The van der Waals surface area contributed by atoms with Crippen LogP contribution >= 0.6 is 0 Å². The van der Waals surface area contributed by atoms with Crippen LogP contribution in [-0.4, -0.2) is 4.96 Å². The first kappa shape index (κ1) is 6.12. The molecule has 37 valence electrons. The molecule has 0 aromatic carbocycles. The van der Waals surface area contributed by atoms with Crippen molar-refractivity contribution in [2.75, 3.05) is 0 Å². The summed E-state index contributed by atoms with van der Waals surface area (Å²) in [5.41, 5.74) is 0. The summed E-state index contributed by atoms with van der Waals surface area (Å²) >= 11 is 3.86. The summed E-state index contributed by atoms with van der Waals surface area (Å²) in [6.45, 7) is 3.58. The normalized spacial score (nSPS) is 9.67. The van der Waals surface area contributed by atoms with E-state index in [1.807, 2.05) is 12.2 Å². The maximum atomic E-state index is 3.86. The second kappa shape index (κ2) is 5.12. The Morgan fingerprint density at radius 1 is 1.67 bits per heavy atom. The predicted molar refractivity (Wildman–Crippen MR) is 25.2 cm³/mol. The van der Waals surface area contributed by atoms with Gasteiger partial charge in [-0.25, -0.2) is 0 Å². The SMILES string of the molecule is [CH2-]C/C=C\[CH]=[Co]. The second-order valence-corrected chi connectivity index (χ2v) is 1.17. The summed E-state index contributed by atoms with van der Waals surface area (Å²) in [7, 11) is 0. The molecule has 0 N–H and O–H groups in total. The molecule has 0 aliphatic heterocycles. The topological polar surface area (TPSA) is 0 Å². The van der Waals surface area contributed by atoms with E-state index in [4.69, 9.17) is 0 Å². The maximum absolute atomic E-state index is 3.86. The van der Waals surface area contributed by atoms with E-state index >= 15 is 0 Å². The summed E-state index contributed by atoms with van der Waals surface area (Å²) in [5.74, 6) is 0. The van der Waals surface area contributed by atoms with Crippen molar-refractivity contribution in [2.24, 2.45) is 0 Å². The Bertz CT molecular complexity index is 55.0. The minimum atomic E-state index is 0.843. The van der Waals surface area contributed by atoms with E-state index in [0.29, 0.717) is 0 Å². The van der Waals surface area contributed by atoms with Crippen LogP contribution in [-0.2, 0) is 15.3 Å². The van der Waals surface area contributed by atoms with Crippen LogP contribution in [0.1, 0.15) is 6.42 Å². The Kier molecular flexibility index (Phi) is 5.22. The molecule has 0 heterocycles. The first-order valence-corrected chi connectivity index (χ1v) is 2.37. The van der Waals surface area contributed by atoms with Crippen molar-refractivity contribution >= 4 is 4.96 Å². The van der Waals surface area contributed by atoms with Crippen LogP contribution < -0.4 is 0 Å². The van der Waals surface area contributed by atoms with Crippen molar-refractivity contribution in [3.63, 3.8) is 0 Å². The van der Waals surface area contributed by atoms with Crippen molar-refractivity contribution in [1.29, 1.82) is 0 Å². The van der Waals surface area contributed by atoms with E-state index < -0.39 is 0 Å². The van der Waals surface area contributed by atoms with Gasteiger partial charge in [-0.1, -0.05) is 0 Å². The molecule has 0 bridgehead atoms. The average Bonchev–Trinajstić information content (AvgIpc) is 1.61. The molecule has 0 radical (unpaired) electrons. The van der Waals surface area contributed by atoms with E-state index in [1.54, 1.807) is 4.96 Å². The first-order chi connectivity index (χ1) is 2.91. The molecule has 0 spiro atoms. The third-order valence-corrected chi connectivity index (χ3v) is 0.567. The van der Waals surface area contributed by atoms with Crippen molar-refractivity contribution in [2.45, 2.75) is 6.42 Å². The summed E-state index contributed by atoms with van der Waals surface area (Å²) in [5, 5.41) is 0. The van der Waals surface area contributed by atoms with Crippen molar-refractivity contribution in [3.8, 4) is 0 Å². The molecule has 0 fully saturated rings.